The molecule has 1 aromatic rings. The number of allylic oxidation sites excluding steroid dienone is 2. The number of hydrogen-bond donors (Lipinski definition) is 3. The fraction of sp³-hybridized carbons (Fsp3) is 0.600. The number of carboxylic acids is 1. The highest BCUT2D eigenvalue weighted by atomic mass is 16.6. The van der Waals surface area contributed by atoms with Gasteiger partial charge in [-0.3, -0.25) is 4.79 Å². The third-order valence-corrected chi connectivity index (χ3v) is 4.06. The van der Waals surface area contributed by atoms with E-state index in [2.05, 4.69) is 9.97 Å². The van der Waals surface area contributed by atoms with Crippen LogP contribution in [0.5, 0.6) is 0 Å². The molecule has 21 heavy (non-hydrogen) atoms. The molecule has 0 aliphatic heterocycles. The molecule has 1 heterocycles. The summed E-state index contributed by atoms with van der Waals surface area (Å²) >= 11 is 0. The van der Waals surface area contributed by atoms with Crippen LogP contribution in [0.1, 0.15) is 50.8 Å². The van der Waals surface area contributed by atoms with E-state index < -0.39 is 5.97 Å². The molecule has 1 aliphatic rings. The number of imidazole rings is 1. The molecular weight excluding hydrogens is 270 g/mol. The number of rotatable bonds is 8. The number of aromatic nitrogens is 2. The van der Waals surface area contributed by atoms with E-state index in [0.717, 1.165) is 24.4 Å². The van der Waals surface area contributed by atoms with Crippen LogP contribution in [0, 0.1) is 5.92 Å². The topological polar surface area (TPSA) is 101 Å². The maximum atomic E-state index is 10.6. The van der Waals surface area contributed by atoms with E-state index in [-0.39, 0.29) is 6.42 Å². The van der Waals surface area contributed by atoms with Gasteiger partial charge in [0.1, 0.15) is 11.6 Å². The summed E-state index contributed by atoms with van der Waals surface area (Å²) in [7, 11) is 0. The molecule has 2 rings (SSSR count). The van der Waals surface area contributed by atoms with Crippen LogP contribution in [-0.4, -0.2) is 21.0 Å². The molecule has 4 N–H and O–H groups in total. The van der Waals surface area contributed by atoms with Gasteiger partial charge in [0.25, 0.3) is 0 Å². The molecule has 1 fully saturated rings. The molecule has 1 aromatic heterocycles. The van der Waals surface area contributed by atoms with Gasteiger partial charge in [-0.15, -0.1) is 0 Å². The minimum atomic E-state index is -0.792. The van der Waals surface area contributed by atoms with Crippen molar-refractivity contribution in [3.05, 3.63) is 29.6 Å². The zero-order valence-electron chi connectivity index (χ0n) is 12.2. The summed E-state index contributed by atoms with van der Waals surface area (Å²) in [6, 6.07) is 0. The largest absolute Gasteiger partial charge is 0.481 e. The second kappa shape index (κ2) is 7.83. The van der Waals surface area contributed by atoms with E-state index in [1.54, 1.807) is 12.4 Å². The van der Waals surface area contributed by atoms with E-state index >= 15 is 0 Å². The molecule has 0 aromatic carbocycles. The number of aliphatic carboxylic acids is 1. The summed E-state index contributed by atoms with van der Waals surface area (Å²) in [5.41, 5.74) is 1.18. The number of nitrogens with one attached hydrogen (secondary N) is 1. The lowest BCUT2D eigenvalue weighted by Crippen LogP contribution is -2.12. The predicted molar refractivity (Wildman–Crippen MR) is 78.0 cm³/mol. The third-order valence-electron chi connectivity index (χ3n) is 4.06. The first-order valence-electron chi connectivity index (χ1n) is 7.49. The van der Waals surface area contributed by atoms with E-state index in [1.807, 2.05) is 0 Å². The van der Waals surface area contributed by atoms with Crippen LogP contribution in [0.2, 0.25) is 0 Å². The monoisotopic (exact) mass is 293 g/mol. The number of carbonyl (C=O) groups is 1. The minimum absolute atomic E-state index is 0.131. The second-order valence-corrected chi connectivity index (χ2v) is 5.51. The maximum absolute atomic E-state index is 10.6. The highest BCUT2D eigenvalue weighted by Gasteiger charge is 2.24. The average molecular weight is 293 g/mol. The van der Waals surface area contributed by atoms with Gasteiger partial charge in [-0.2, -0.15) is 5.90 Å². The van der Waals surface area contributed by atoms with E-state index in [9.17, 15) is 4.79 Å². The first-order chi connectivity index (χ1) is 10.2. The van der Waals surface area contributed by atoms with Crippen LogP contribution in [0.15, 0.2) is 23.7 Å². The first-order valence-corrected chi connectivity index (χ1v) is 7.49. The Balaban J connectivity index is 2.12. The Bertz CT molecular complexity index is 476. The molecule has 0 amide bonds. The lowest BCUT2D eigenvalue weighted by Gasteiger charge is -2.18. The van der Waals surface area contributed by atoms with Crippen molar-refractivity contribution < 1.29 is 14.7 Å². The summed E-state index contributed by atoms with van der Waals surface area (Å²) in [5, 5.41) is 8.75. The van der Waals surface area contributed by atoms with Crippen LogP contribution in [-0.2, 0) is 16.1 Å². The Hall–Kier alpha value is -1.82. The molecule has 1 aliphatic carbocycles. The van der Waals surface area contributed by atoms with Gasteiger partial charge in [0.15, 0.2) is 0 Å². The smallest absolute Gasteiger partial charge is 0.303 e. The van der Waals surface area contributed by atoms with Crippen LogP contribution in [0.3, 0.4) is 0 Å². The van der Waals surface area contributed by atoms with Crippen molar-refractivity contribution in [2.75, 3.05) is 0 Å². The molecule has 0 saturated heterocycles. The summed E-state index contributed by atoms with van der Waals surface area (Å²) < 4.78 is 0. The van der Waals surface area contributed by atoms with Crippen molar-refractivity contribution in [3.63, 3.8) is 0 Å². The molecule has 6 nitrogen and oxygen atoms in total. The number of hydrogen-bond acceptors (Lipinski definition) is 4. The highest BCUT2D eigenvalue weighted by molar-refractivity contribution is 5.66. The zero-order valence-corrected chi connectivity index (χ0v) is 12.2. The van der Waals surface area contributed by atoms with Gasteiger partial charge >= 0.3 is 5.97 Å². The molecule has 0 bridgehead atoms. The quantitative estimate of drug-likeness (QED) is 0.505. The van der Waals surface area contributed by atoms with Crippen LogP contribution >= 0.6 is 0 Å². The fourth-order valence-electron chi connectivity index (χ4n) is 3.02. The fourth-order valence-corrected chi connectivity index (χ4v) is 3.02. The highest BCUT2D eigenvalue weighted by Crippen LogP contribution is 2.35. The standard InChI is InChI=1S/C15H23N3O3/c16-21-13(6-3-7-15(19)20)12(11-4-1-2-5-11)10-14-17-8-9-18-14/h8-9,11H,1-7,10,16H2,(H,17,18)(H,19,20). The predicted octanol–water partition coefficient (Wildman–Crippen LogP) is 2.54. The molecule has 6 heteroatoms. The number of carboxylic acid groups (broad SMARTS) is 1. The summed E-state index contributed by atoms with van der Waals surface area (Å²) in [6.07, 6.45) is 10.2. The van der Waals surface area contributed by atoms with Crippen LogP contribution in [0.4, 0.5) is 0 Å². The summed E-state index contributed by atoms with van der Waals surface area (Å²) in [4.78, 5) is 23.1. The van der Waals surface area contributed by atoms with Gasteiger partial charge < -0.3 is 14.9 Å². The zero-order chi connectivity index (χ0) is 15.1. The molecule has 0 radical (unpaired) electrons. The molecule has 0 atom stereocenters. The number of H-pyrrole nitrogens is 1. The van der Waals surface area contributed by atoms with Gasteiger partial charge in [0.2, 0.25) is 0 Å². The van der Waals surface area contributed by atoms with Crippen molar-refractivity contribution in [3.8, 4) is 0 Å². The molecule has 0 spiro atoms. The van der Waals surface area contributed by atoms with Gasteiger partial charge in [-0.25, -0.2) is 4.98 Å². The normalized spacial score (nSPS) is 16.8. The Morgan fingerprint density at radius 2 is 2.19 bits per heavy atom. The lowest BCUT2D eigenvalue weighted by molar-refractivity contribution is -0.137. The van der Waals surface area contributed by atoms with Gasteiger partial charge in [-0.05, 0) is 30.8 Å². The Labute approximate surface area is 124 Å². The van der Waals surface area contributed by atoms with Crippen LogP contribution in [0.25, 0.3) is 0 Å². The first kappa shape index (κ1) is 15.6. The minimum Gasteiger partial charge on any atom is -0.481 e. The van der Waals surface area contributed by atoms with Crippen molar-refractivity contribution in [2.45, 2.75) is 51.4 Å². The van der Waals surface area contributed by atoms with E-state index in [4.69, 9.17) is 15.8 Å². The maximum Gasteiger partial charge on any atom is 0.303 e. The van der Waals surface area contributed by atoms with Crippen molar-refractivity contribution >= 4 is 5.97 Å². The van der Waals surface area contributed by atoms with Crippen LogP contribution < -0.4 is 5.90 Å². The number of nitrogens with zero attached hydrogens (tertiary/aromatic N) is 1. The third kappa shape index (κ3) is 4.60. The average Bonchev–Trinajstić information content (AvgIpc) is 3.13. The molecule has 116 valence electrons. The Morgan fingerprint density at radius 1 is 1.43 bits per heavy atom. The van der Waals surface area contributed by atoms with Gasteiger partial charge in [0.05, 0.1) is 0 Å². The molecule has 1 saturated carbocycles. The number of nitrogens with two attached hydrogens (primary N) is 1. The van der Waals surface area contributed by atoms with Crippen molar-refractivity contribution in [1.82, 2.24) is 9.97 Å². The summed E-state index contributed by atoms with van der Waals surface area (Å²) in [6.45, 7) is 0. The van der Waals surface area contributed by atoms with E-state index in [0.29, 0.717) is 25.2 Å². The molecule has 0 unspecified atom stereocenters. The summed E-state index contributed by atoms with van der Waals surface area (Å²) in [5.74, 6) is 6.76. The number of aromatic amines is 1. The second-order valence-electron chi connectivity index (χ2n) is 5.51. The molecular formula is C15H23N3O3. The SMILES string of the molecule is NOC(CCCC(=O)O)=C(Cc1ncc[nH]1)C1CCCC1. The van der Waals surface area contributed by atoms with Gasteiger partial charge in [0, 0.05) is 31.7 Å². The van der Waals surface area contributed by atoms with E-state index in [1.165, 1.54) is 18.4 Å². The Morgan fingerprint density at radius 3 is 2.76 bits per heavy atom. The lowest BCUT2D eigenvalue weighted by atomic mass is 9.92. The Kier molecular flexibility index (Phi) is 5.80. The van der Waals surface area contributed by atoms with Crippen molar-refractivity contribution in [2.24, 2.45) is 11.8 Å². The van der Waals surface area contributed by atoms with Crippen molar-refractivity contribution in [1.29, 1.82) is 0 Å². The van der Waals surface area contributed by atoms with Gasteiger partial charge in [-0.1, -0.05) is 12.8 Å².